The number of alkyl halides is 3. The standard InChI is InChI=1S/C25H34F3N3O3Si/c1-16-11-19(25(26,27)28)13-21(33-15-32-6)22(16)20-12-18-9-10-31(23(18)30-29-20)14-17(2)34-35(7,8)24(3,4)5/h9-13,17H,14-15H2,1-8H3/t17-/m0/s1. The maximum Gasteiger partial charge on any atom is 0.416 e. The van der Waals surface area contributed by atoms with E-state index in [2.05, 4.69) is 51.0 Å². The molecule has 35 heavy (non-hydrogen) atoms. The molecule has 3 rings (SSSR count). The zero-order valence-corrected chi connectivity index (χ0v) is 22.6. The number of hydrogen-bond acceptors (Lipinski definition) is 5. The zero-order chi connectivity index (χ0) is 26.2. The fraction of sp³-hybridized carbons (Fsp3) is 0.520. The molecule has 1 atom stereocenters. The summed E-state index contributed by atoms with van der Waals surface area (Å²) in [7, 11) is -0.510. The molecule has 0 saturated carbocycles. The van der Waals surface area contributed by atoms with Crippen molar-refractivity contribution in [3.05, 3.63) is 41.6 Å². The van der Waals surface area contributed by atoms with Crippen LogP contribution in [-0.4, -0.2) is 43.1 Å². The van der Waals surface area contributed by atoms with Crippen molar-refractivity contribution in [1.29, 1.82) is 0 Å². The first-order chi connectivity index (χ1) is 16.1. The summed E-state index contributed by atoms with van der Waals surface area (Å²) in [5, 5.41) is 9.69. The monoisotopic (exact) mass is 509 g/mol. The molecule has 0 bridgehead atoms. The predicted octanol–water partition coefficient (Wildman–Crippen LogP) is 6.82. The van der Waals surface area contributed by atoms with Gasteiger partial charge in [0.15, 0.2) is 20.8 Å². The van der Waals surface area contributed by atoms with Gasteiger partial charge in [-0.05, 0) is 61.8 Å². The van der Waals surface area contributed by atoms with E-state index in [0.29, 0.717) is 29.0 Å². The summed E-state index contributed by atoms with van der Waals surface area (Å²) in [6.45, 7) is 15.1. The van der Waals surface area contributed by atoms with Crippen LogP contribution >= 0.6 is 0 Å². The van der Waals surface area contributed by atoms with Gasteiger partial charge in [0, 0.05) is 30.8 Å². The summed E-state index contributed by atoms with van der Waals surface area (Å²) in [4.78, 5) is 0. The summed E-state index contributed by atoms with van der Waals surface area (Å²) in [6.07, 6.45) is -2.58. The van der Waals surface area contributed by atoms with Crippen LogP contribution in [0.15, 0.2) is 30.5 Å². The molecule has 0 aliphatic rings. The number of aromatic nitrogens is 3. The van der Waals surface area contributed by atoms with Crippen LogP contribution in [0.4, 0.5) is 13.2 Å². The van der Waals surface area contributed by atoms with Crippen LogP contribution in [-0.2, 0) is 21.9 Å². The summed E-state index contributed by atoms with van der Waals surface area (Å²) in [5.74, 6) is 0.0450. The molecule has 0 saturated heterocycles. The smallest absolute Gasteiger partial charge is 0.416 e. The van der Waals surface area contributed by atoms with Gasteiger partial charge >= 0.3 is 6.18 Å². The van der Waals surface area contributed by atoms with Gasteiger partial charge in [-0.3, -0.25) is 0 Å². The van der Waals surface area contributed by atoms with Crippen LogP contribution in [0.25, 0.3) is 22.3 Å². The van der Waals surface area contributed by atoms with Crippen molar-refractivity contribution in [3.8, 4) is 17.0 Å². The van der Waals surface area contributed by atoms with Gasteiger partial charge in [0.1, 0.15) is 5.75 Å². The lowest BCUT2D eigenvalue weighted by Crippen LogP contribution is -2.44. The third-order valence-corrected chi connectivity index (χ3v) is 11.1. The fourth-order valence-corrected chi connectivity index (χ4v) is 5.17. The van der Waals surface area contributed by atoms with E-state index >= 15 is 0 Å². The Hall–Kier alpha value is -2.43. The molecule has 10 heteroatoms. The molecule has 0 amide bonds. The molecule has 0 aliphatic heterocycles. The summed E-state index contributed by atoms with van der Waals surface area (Å²) < 4.78 is 59.0. The Bertz CT molecular complexity index is 1190. The minimum Gasteiger partial charge on any atom is -0.467 e. The largest absolute Gasteiger partial charge is 0.467 e. The lowest BCUT2D eigenvalue weighted by molar-refractivity contribution is -0.137. The third-order valence-electron chi connectivity index (χ3n) is 6.48. The molecule has 0 unspecified atom stereocenters. The quantitative estimate of drug-likeness (QED) is 0.246. The summed E-state index contributed by atoms with van der Waals surface area (Å²) in [5.41, 5.74) is 1.16. The summed E-state index contributed by atoms with van der Waals surface area (Å²) >= 11 is 0. The zero-order valence-electron chi connectivity index (χ0n) is 21.6. The lowest BCUT2D eigenvalue weighted by atomic mass is 10.00. The van der Waals surface area contributed by atoms with Crippen LogP contribution < -0.4 is 4.74 Å². The minimum absolute atomic E-state index is 0.0147. The van der Waals surface area contributed by atoms with Gasteiger partial charge in [-0.15, -0.1) is 10.2 Å². The molecule has 0 N–H and O–H groups in total. The van der Waals surface area contributed by atoms with E-state index < -0.39 is 20.1 Å². The van der Waals surface area contributed by atoms with Crippen LogP contribution in [0, 0.1) is 6.92 Å². The number of fused-ring (bicyclic) bond motifs is 1. The van der Waals surface area contributed by atoms with Gasteiger partial charge in [0.25, 0.3) is 0 Å². The Morgan fingerprint density at radius 2 is 1.77 bits per heavy atom. The second-order valence-electron chi connectivity index (χ2n) is 10.4. The maximum absolute atomic E-state index is 13.4. The van der Waals surface area contributed by atoms with E-state index in [-0.39, 0.29) is 23.7 Å². The number of aryl methyl sites for hydroxylation is 1. The molecule has 2 aromatic heterocycles. The first-order valence-electron chi connectivity index (χ1n) is 11.5. The first-order valence-corrected chi connectivity index (χ1v) is 14.4. The molecule has 192 valence electrons. The van der Waals surface area contributed by atoms with Crippen molar-refractivity contribution in [1.82, 2.24) is 14.8 Å². The average molecular weight is 510 g/mol. The second kappa shape index (κ2) is 9.91. The molecule has 6 nitrogen and oxygen atoms in total. The topological polar surface area (TPSA) is 58.4 Å². The van der Waals surface area contributed by atoms with E-state index in [1.807, 2.05) is 22.9 Å². The number of rotatable bonds is 8. The van der Waals surface area contributed by atoms with Gasteiger partial charge in [-0.25, -0.2) is 0 Å². The molecule has 0 aliphatic carbocycles. The number of halogens is 3. The minimum atomic E-state index is -4.50. The van der Waals surface area contributed by atoms with E-state index in [9.17, 15) is 13.2 Å². The lowest BCUT2D eigenvalue weighted by Gasteiger charge is -2.38. The van der Waals surface area contributed by atoms with Gasteiger partial charge in [0.05, 0.1) is 17.4 Å². The Morgan fingerprint density at radius 1 is 1.09 bits per heavy atom. The van der Waals surface area contributed by atoms with Gasteiger partial charge in [-0.1, -0.05) is 20.8 Å². The second-order valence-corrected chi connectivity index (χ2v) is 15.1. The molecule has 3 aromatic rings. The van der Waals surface area contributed by atoms with Gasteiger partial charge < -0.3 is 18.5 Å². The Morgan fingerprint density at radius 3 is 2.37 bits per heavy atom. The Labute approximate surface area is 205 Å². The average Bonchev–Trinajstić information content (AvgIpc) is 3.11. The Balaban J connectivity index is 1.94. The van der Waals surface area contributed by atoms with E-state index in [1.165, 1.54) is 7.11 Å². The highest BCUT2D eigenvalue weighted by molar-refractivity contribution is 6.74. The molecule has 0 spiro atoms. The van der Waals surface area contributed by atoms with Crippen molar-refractivity contribution in [3.63, 3.8) is 0 Å². The number of nitrogens with zero attached hydrogens (tertiary/aromatic N) is 3. The fourth-order valence-electron chi connectivity index (χ4n) is 3.73. The van der Waals surface area contributed by atoms with Gasteiger partial charge in [0.2, 0.25) is 0 Å². The molecular formula is C25H34F3N3O3Si. The highest BCUT2D eigenvalue weighted by Gasteiger charge is 2.38. The number of hydrogen-bond donors (Lipinski definition) is 0. The van der Waals surface area contributed by atoms with Crippen molar-refractivity contribution >= 4 is 19.4 Å². The molecule has 2 heterocycles. The highest BCUT2D eigenvalue weighted by atomic mass is 28.4. The van der Waals surface area contributed by atoms with Crippen molar-refractivity contribution in [2.24, 2.45) is 0 Å². The van der Waals surface area contributed by atoms with Crippen LogP contribution in [0.3, 0.4) is 0 Å². The van der Waals surface area contributed by atoms with Crippen molar-refractivity contribution < 1.29 is 27.1 Å². The predicted molar refractivity (Wildman–Crippen MR) is 133 cm³/mol. The molecule has 0 radical (unpaired) electrons. The molecule has 0 fully saturated rings. The van der Waals surface area contributed by atoms with Crippen LogP contribution in [0.2, 0.25) is 18.1 Å². The number of benzene rings is 1. The van der Waals surface area contributed by atoms with Crippen LogP contribution in [0.5, 0.6) is 5.75 Å². The van der Waals surface area contributed by atoms with E-state index in [4.69, 9.17) is 13.9 Å². The Kier molecular flexibility index (Phi) is 7.69. The molecular weight excluding hydrogens is 475 g/mol. The van der Waals surface area contributed by atoms with Crippen molar-refractivity contribution in [2.75, 3.05) is 13.9 Å². The number of ether oxygens (including phenoxy) is 2. The van der Waals surface area contributed by atoms with E-state index in [1.54, 1.807) is 6.92 Å². The van der Waals surface area contributed by atoms with Crippen molar-refractivity contribution in [2.45, 2.75) is 71.6 Å². The summed E-state index contributed by atoms with van der Waals surface area (Å²) in [6, 6.07) is 5.79. The van der Waals surface area contributed by atoms with Gasteiger partial charge in [-0.2, -0.15) is 13.2 Å². The first kappa shape index (κ1) is 27.2. The normalized spacial score (nSPS) is 13.9. The maximum atomic E-state index is 13.4. The molecule has 1 aromatic carbocycles. The SMILES string of the molecule is COCOc1cc(C(F)(F)F)cc(C)c1-c1cc2ccn(C[C@H](C)O[Si](C)(C)C(C)(C)C)c2nn1. The van der Waals surface area contributed by atoms with E-state index in [0.717, 1.165) is 17.5 Å². The van der Waals surface area contributed by atoms with Crippen LogP contribution in [0.1, 0.15) is 38.8 Å². The highest BCUT2D eigenvalue weighted by Crippen LogP contribution is 2.40. The number of methoxy groups -OCH3 is 1. The third kappa shape index (κ3) is 6.04.